The lowest BCUT2D eigenvalue weighted by atomic mass is 10.0. The number of esters is 1. The van der Waals surface area contributed by atoms with Crippen LogP contribution in [0.3, 0.4) is 0 Å². The van der Waals surface area contributed by atoms with Crippen molar-refractivity contribution in [2.24, 2.45) is 0 Å². The number of ether oxygens (including phenoxy) is 2. The van der Waals surface area contributed by atoms with Crippen LogP contribution >= 0.6 is 0 Å². The van der Waals surface area contributed by atoms with E-state index in [0.717, 1.165) is 11.1 Å². The Labute approximate surface area is 130 Å². The molecule has 1 atom stereocenters. The Balaban J connectivity index is 3.07. The second-order valence-corrected chi connectivity index (χ2v) is 6.06. The van der Waals surface area contributed by atoms with Gasteiger partial charge in [-0.2, -0.15) is 0 Å². The molecule has 1 aromatic rings. The summed E-state index contributed by atoms with van der Waals surface area (Å²) >= 11 is 0. The van der Waals surface area contributed by atoms with E-state index in [-0.39, 0.29) is 0 Å². The topological polar surface area (TPSA) is 84.9 Å². The number of hydrogen-bond donors (Lipinski definition) is 2. The fourth-order valence-electron chi connectivity index (χ4n) is 1.84. The molecule has 0 saturated carbocycles. The van der Waals surface area contributed by atoms with Crippen molar-refractivity contribution in [1.82, 2.24) is 0 Å². The third kappa shape index (κ3) is 4.73. The molecule has 6 heteroatoms. The molecule has 0 bridgehead atoms. The number of anilines is 1. The second kappa shape index (κ2) is 6.79. The summed E-state index contributed by atoms with van der Waals surface area (Å²) in [5.74, 6) is -0.758. The Kier molecular flexibility index (Phi) is 5.54. The molecule has 0 heterocycles. The average Bonchev–Trinajstić information content (AvgIpc) is 2.39. The fourth-order valence-corrected chi connectivity index (χ4v) is 1.84. The number of aliphatic hydroxyl groups is 1. The summed E-state index contributed by atoms with van der Waals surface area (Å²) in [5.41, 5.74) is 1.86. The van der Waals surface area contributed by atoms with E-state index in [0.29, 0.717) is 11.3 Å². The van der Waals surface area contributed by atoms with Gasteiger partial charge in [-0.3, -0.25) is 5.32 Å². The normalized spacial score (nSPS) is 12.5. The minimum atomic E-state index is -1.40. The van der Waals surface area contributed by atoms with Crippen LogP contribution in [0.4, 0.5) is 10.5 Å². The van der Waals surface area contributed by atoms with E-state index in [1.165, 1.54) is 13.2 Å². The van der Waals surface area contributed by atoms with Crippen molar-refractivity contribution in [1.29, 1.82) is 0 Å². The summed E-state index contributed by atoms with van der Waals surface area (Å²) in [7, 11) is 1.20. The third-order valence-corrected chi connectivity index (χ3v) is 3.07. The zero-order valence-corrected chi connectivity index (χ0v) is 13.8. The molecule has 0 aromatic heterocycles. The standard InChI is InChI=1S/C16H23NO5/c1-9-7-11(13(18)14(19)21-6)8-12(10(9)2)17-15(20)22-16(3,4)5/h7-8,13,18H,1-6H3,(H,17,20). The molecule has 1 amide bonds. The van der Waals surface area contributed by atoms with Gasteiger partial charge in [-0.05, 0) is 57.4 Å². The van der Waals surface area contributed by atoms with Crippen molar-refractivity contribution in [3.8, 4) is 0 Å². The highest BCUT2D eigenvalue weighted by molar-refractivity contribution is 5.87. The van der Waals surface area contributed by atoms with E-state index >= 15 is 0 Å². The van der Waals surface area contributed by atoms with E-state index in [4.69, 9.17) is 4.74 Å². The number of carbonyl (C=O) groups excluding carboxylic acids is 2. The summed E-state index contributed by atoms with van der Waals surface area (Å²) in [6.07, 6.45) is -2.00. The number of aliphatic hydroxyl groups excluding tert-OH is 1. The molecule has 1 aromatic carbocycles. The number of rotatable bonds is 3. The zero-order valence-electron chi connectivity index (χ0n) is 13.8. The predicted octanol–water partition coefficient (Wildman–Crippen LogP) is 2.86. The first kappa shape index (κ1) is 18.0. The molecule has 0 saturated heterocycles. The molecule has 6 nitrogen and oxygen atoms in total. The number of amides is 1. The van der Waals surface area contributed by atoms with E-state index in [2.05, 4.69) is 10.1 Å². The first-order valence-corrected chi connectivity index (χ1v) is 6.92. The SMILES string of the molecule is COC(=O)C(O)c1cc(C)c(C)c(NC(=O)OC(C)(C)C)c1. The van der Waals surface area contributed by atoms with Crippen LogP contribution in [0, 0.1) is 13.8 Å². The highest BCUT2D eigenvalue weighted by Crippen LogP contribution is 2.26. The van der Waals surface area contributed by atoms with Crippen molar-refractivity contribution in [3.05, 3.63) is 28.8 Å². The van der Waals surface area contributed by atoms with Gasteiger partial charge in [-0.15, -0.1) is 0 Å². The molecule has 1 rings (SSSR count). The van der Waals surface area contributed by atoms with Gasteiger partial charge in [-0.25, -0.2) is 9.59 Å². The van der Waals surface area contributed by atoms with Crippen LogP contribution in [-0.4, -0.2) is 29.9 Å². The Morgan fingerprint density at radius 3 is 2.32 bits per heavy atom. The second-order valence-electron chi connectivity index (χ2n) is 6.06. The maximum absolute atomic E-state index is 11.9. The molecule has 0 aliphatic heterocycles. The first-order valence-electron chi connectivity index (χ1n) is 6.92. The van der Waals surface area contributed by atoms with Crippen molar-refractivity contribution in [2.45, 2.75) is 46.3 Å². The van der Waals surface area contributed by atoms with Gasteiger partial charge in [0.25, 0.3) is 0 Å². The molecule has 122 valence electrons. The lowest BCUT2D eigenvalue weighted by Crippen LogP contribution is -2.27. The number of aryl methyl sites for hydroxylation is 1. The van der Waals surface area contributed by atoms with Crippen LogP contribution in [-0.2, 0) is 14.3 Å². The highest BCUT2D eigenvalue weighted by Gasteiger charge is 2.21. The largest absolute Gasteiger partial charge is 0.467 e. The van der Waals surface area contributed by atoms with E-state index in [1.54, 1.807) is 26.8 Å². The fraction of sp³-hybridized carbons (Fsp3) is 0.500. The smallest absolute Gasteiger partial charge is 0.412 e. The van der Waals surface area contributed by atoms with Gasteiger partial charge in [0.1, 0.15) is 5.60 Å². The highest BCUT2D eigenvalue weighted by atomic mass is 16.6. The lowest BCUT2D eigenvalue weighted by molar-refractivity contribution is -0.150. The minimum absolute atomic E-state index is 0.348. The van der Waals surface area contributed by atoms with Gasteiger partial charge in [-0.1, -0.05) is 6.07 Å². The quantitative estimate of drug-likeness (QED) is 0.839. The minimum Gasteiger partial charge on any atom is -0.467 e. The van der Waals surface area contributed by atoms with Crippen LogP contribution < -0.4 is 5.32 Å². The first-order chi connectivity index (χ1) is 10.0. The number of benzene rings is 1. The van der Waals surface area contributed by atoms with E-state index < -0.39 is 23.8 Å². The van der Waals surface area contributed by atoms with Crippen molar-refractivity contribution < 1.29 is 24.2 Å². The molecular weight excluding hydrogens is 286 g/mol. The van der Waals surface area contributed by atoms with Crippen LogP contribution in [0.15, 0.2) is 12.1 Å². The molecule has 0 aliphatic rings. The number of methoxy groups -OCH3 is 1. The van der Waals surface area contributed by atoms with Gasteiger partial charge in [0, 0.05) is 5.69 Å². The number of carbonyl (C=O) groups is 2. The van der Waals surface area contributed by atoms with Crippen LogP contribution in [0.25, 0.3) is 0 Å². The zero-order chi connectivity index (χ0) is 17.1. The van der Waals surface area contributed by atoms with Crippen LogP contribution in [0.1, 0.15) is 43.6 Å². The Morgan fingerprint density at radius 2 is 1.82 bits per heavy atom. The van der Waals surface area contributed by atoms with Crippen molar-refractivity contribution in [3.63, 3.8) is 0 Å². The Hall–Kier alpha value is -2.08. The van der Waals surface area contributed by atoms with Gasteiger partial charge >= 0.3 is 12.1 Å². The predicted molar refractivity (Wildman–Crippen MR) is 82.7 cm³/mol. The van der Waals surface area contributed by atoms with Crippen molar-refractivity contribution >= 4 is 17.7 Å². The maximum atomic E-state index is 11.9. The molecular formula is C16H23NO5. The Morgan fingerprint density at radius 1 is 1.23 bits per heavy atom. The Bertz CT molecular complexity index is 575. The summed E-state index contributed by atoms with van der Waals surface area (Å²) in [6.45, 7) is 8.95. The van der Waals surface area contributed by atoms with E-state index in [9.17, 15) is 14.7 Å². The third-order valence-electron chi connectivity index (χ3n) is 3.07. The average molecular weight is 309 g/mol. The van der Waals surface area contributed by atoms with Crippen molar-refractivity contribution in [2.75, 3.05) is 12.4 Å². The molecule has 0 fully saturated rings. The number of hydrogen-bond acceptors (Lipinski definition) is 5. The van der Waals surface area contributed by atoms with Crippen LogP contribution in [0.5, 0.6) is 0 Å². The monoisotopic (exact) mass is 309 g/mol. The molecule has 0 aliphatic carbocycles. The summed E-state index contributed by atoms with van der Waals surface area (Å²) in [4.78, 5) is 23.3. The summed E-state index contributed by atoms with van der Waals surface area (Å²) in [5, 5.41) is 12.6. The molecule has 0 spiro atoms. The molecule has 2 N–H and O–H groups in total. The summed E-state index contributed by atoms with van der Waals surface area (Å²) < 4.78 is 9.72. The van der Waals surface area contributed by atoms with Gasteiger partial charge < -0.3 is 14.6 Å². The van der Waals surface area contributed by atoms with Gasteiger partial charge in [0.2, 0.25) is 0 Å². The van der Waals surface area contributed by atoms with Crippen LogP contribution in [0.2, 0.25) is 0 Å². The summed E-state index contributed by atoms with van der Waals surface area (Å²) in [6, 6.07) is 3.21. The lowest BCUT2D eigenvalue weighted by Gasteiger charge is -2.21. The molecule has 0 radical (unpaired) electrons. The maximum Gasteiger partial charge on any atom is 0.412 e. The van der Waals surface area contributed by atoms with Gasteiger partial charge in [0.15, 0.2) is 6.10 Å². The van der Waals surface area contributed by atoms with E-state index in [1.807, 2.05) is 13.8 Å². The van der Waals surface area contributed by atoms with Gasteiger partial charge in [0.05, 0.1) is 7.11 Å². The molecule has 1 unspecified atom stereocenters. The number of nitrogens with one attached hydrogen (secondary N) is 1. The molecule has 22 heavy (non-hydrogen) atoms.